The predicted octanol–water partition coefficient (Wildman–Crippen LogP) is 3.89. The van der Waals surface area contributed by atoms with E-state index in [1.165, 1.54) is 0 Å². The molecule has 0 aliphatic rings. The molecule has 0 radical (unpaired) electrons. The Morgan fingerprint density at radius 1 is 0.917 bits per heavy atom. The van der Waals surface area contributed by atoms with E-state index < -0.39 is 0 Å². The number of carbonyl (C=O) groups excluding carboxylic acids is 2. The zero-order valence-corrected chi connectivity index (χ0v) is 14.8. The van der Waals surface area contributed by atoms with Gasteiger partial charge >= 0.3 is 0 Å². The second kappa shape index (κ2) is 8.71. The molecule has 2 aromatic carbocycles. The van der Waals surface area contributed by atoms with E-state index in [4.69, 9.17) is 23.2 Å². The normalized spacial score (nSPS) is 10.3. The van der Waals surface area contributed by atoms with E-state index in [-0.39, 0.29) is 11.8 Å². The Balaban J connectivity index is 1.75. The van der Waals surface area contributed by atoms with Crippen LogP contribution in [0.4, 0.5) is 0 Å². The van der Waals surface area contributed by atoms with Crippen LogP contribution in [0.5, 0.6) is 0 Å². The molecule has 0 fully saturated rings. The summed E-state index contributed by atoms with van der Waals surface area (Å²) in [6.45, 7) is 1.03. The average Bonchev–Trinajstić information content (AvgIpc) is 2.59. The van der Waals surface area contributed by atoms with Gasteiger partial charge in [0.05, 0.1) is 0 Å². The van der Waals surface area contributed by atoms with Gasteiger partial charge in [-0.2, -0.15) is 0 Å². The van der Waals surface area contributed by atoms with Crippen molar-refractivity contribution < 1.29 is 9.59 Å². The van der Waals surface area contributed by atoms with Gasteiger partial charge < -0.3 is 10.2 Å². The smallest absolute Gasteiger partial charge is 0.253 e. The van der Waals surface area contributed by atoms with Gasteiger partial charge in [-0.1, -0.05) is 23.2 Å². The van der Waals surface area contributed by atoms with Gasteiger partial charge in [-0.25, -0.2) is 0 Å². The molecular formula is C18H18Cl2N2O2. The molecule has 0 bridgehead atoms. The van der Waals surface area contributed by atoms with Crippen LogP contribution in [-0.2, 0) is 0 Å². The van der Waals surface area contributed by atoms with Crippen molar-refractivity contribution in [3.63, 3.8) is 0 Å². The zero-order valence-electron chi connectivity index (χ0n) is 13.3. The van der Waals surface area contributed by atoms with Crippen molar-refractivity contribution in [3.05, 3.63) is 69.7 Å². The highest BCUT2D eigenvalue weighted by atomic mass is 35.5. The largest absolute Gasteiger partial charge is 0.352 e. The Morgan fingerprint density at radius 3 is 1.96 bits per heavy atom. The molecule has 126 valence electrons. The number of nitrogens with zero attached hydrogens (tertiary/aromatic N) is 1. The minimum absolute atomic E-state index is 0.0734. The van der Waals surface area contributed by atoms with E-state index in [2.05, 4.69) is 5.32 Å². The minimum Gasteiger partial charge on any atom is -0.352 e. The summed E-state index contributed by atoms with van der Waals surface area (Å²) in [6.07, 6.45) is 0.662. The van der Waals surface area contributed by atoms with Gasteiger partial charge in [-0.15, -0.1) is 0 Å². The van der Waals surface area contributed by atoms with Gasteiger partial charge in [0.15, 0.2) is 0 Å². The first-order valence-corrected chi connectivity index (χ1v) is 8.28. The van der Waals surface area contributed by atoms with Crippen molar-refractivity contribution in [2.24, 2.45) is 0 Å². The molecule has 2 amide bonds. The Hall–Kier alpha value is -2.04. The molecule has 6 heteroatoms. The molecular weight excluding hydrogens is 347 g/mol. The van der Waals surface area contributed by atoms with Crippen molar-refractivity contribution in [1.82, 2.24) is 10.2 Å². The molecule has 2 rings (SSSR count). The first-order chi connectivity index (χ1) is 11.5. The van der Waals surface area contributed by atoms with Gasteiger partial charge in [0.2, 0.25) is 0 Å². The van der Waals surface area contributed by atoms with Gasteiger partial charge in [0.25, 0.3) is 11.8 Å². The van der Waals surface area contributed by atoms with E-state index >= 15 is 0 Å². The van der Waals surface area contributed by atoms with Crippen LogP contribution in [0.1, 0.15) is 27.1 Å². The molecule has 0 spiro atoms. The lowest BCUT2D eigenvalue weighted by Crippen LogP contribution is -2.31. The second-order valence-corrected chi connectivity index (χ2v) is 6.22. The third-order valence-corrected chi connectivity index (χ3v) is 4.00. The Labute approximate surface area is 151 Å². The predicted molar refractivity (Wildman–Crippen MR) is 96.8 cm³/mol. The summed E-state index contributed by atoms with van der Waals surface area (Å²) < 4.78 is 0. The van der Waals surface area contributed by atoms with Gasteiger partial charge in [0.1, 0.15) is 0 Å². The number of hydrogen-bond donors (Lipinski definition) is 1. The lowest BCUT2D eigenvalue weighted by Gasteiger charge is -2.17. The molecule has 1 N–H and O–H groups in total. The Kier molecular flexibility index (Phi) is 6.64. The highest BCUT2D eigenvalue weighted by Crippen LogP contribution is 2.11. The van der Waals surface area contributed by atoms with Crippen molar-refractivity contribution in [2.75, 3.05) is 20.1 Å². The maximum atomic E-state index is 12.2. The molecule has 0 unspecified atom stereocenters. The molecule has 0 saturated carbocycles. The van der Waals surface area contributed by atoms with E-state index in [0.717, 1.165) is 0 Å². The fourth-order valence-corrected chi connectivity index (χ4v) is 2.39. The van der Waals surface area contributed by atoms with Crippen LogP contribution in [0.25, 0.3) is 0 Å². The highest BCUT2D eigenvalue weighted by molar-refractivity contribution is 6.31. The molecule has 2 aromatic rings. The first-order valence-electron chi connectivity index (χ1n) is 7.52. The van der Waals surface area contributed by atoms with E-state index in [0.29, 0.717) is 40.7 Å². The number of rotatable bonds is 6. The molecule has 0 aliphatic heterocycles. The summed E-state index contributed by atoms with van der Waals surface area (Å²) in [4.78, 5) is 25.8. The molecule has 4 nitrogen and oxygen atoms in total. The summed E-state index contributed by atoms with van der Waals surface area (Å²) in [5, 5.41) is 4.01. The number of benzene rings is 2. The third kappa shape index (κ3) is 5.25. The second-order valence-electron chi connectivity index (χ2n) is 5.35. The number of carbonyl (C=O) groups is 2. The highest BCUT2D eigenvalue weighted by Gasteiger charge is 2.11. The maximum absolute atomic E-state index is 12.2. The first kappa shape index (κ1) is 18.3. The van der Waals surface area contributed by atoms with E-state index in [1.807, 2.05) is 0 Å². The van der Waals surface area contributed by atoms with Crippen molar-refractivity contribution in [3.8, 4) is 0 Å². The summed E-state index contributed by atoms with van der Waals surface area (Å²) >= 11 is 11.6. The van der Waals surface area contributed by atoms with Gasteiger partial charge in [-0.05, 0) is 55.0 Å². The average molecular weight is 365 g/mol. The van der Waals surface area contributed by atoms with Crippen LogP contribution >= 0.6 is 23.2 Å². The number of nitrogens with one attached hydrogen (secondary N) is 1. The summed E-state index contributed by atoms with van der Waals surface area (Å²) in [5.41, 5.74) is 1.15. The quantitative estimate of drug-likeness (QED) is 0.790. The SMILES string of the molecule is CN(CCCNC(=O)c1ccc(Cl)cc1)C(=O)c1ccc(Cl)cc1. The Bertz CT molecular complexity index is 700. The maximum Gasteiger partial charge on any atom is 0.253 e. The lowest BCUT2D eigenvalue weighted by atomic mass is 10.2. The third-order valence-electron chi connectivity index (χ3n) is 3.50. The van der Waals surface area contributed by atoms with Crippen LogP contribution in [0.3, 0.4) is 0 Å². The van der Waals surface area contributed by atoms with Crippen LogP contribution in [0.15, 0.2) is 48.5 Å². The zero-order chi connectivity index (χ0) is 17.5. The fourth-order valence-electron chi connectivity index (χ4n) is 2.14. The van der Waals surface area contributed by atoms with Crippen molar-refractivity contribution >= 4 is 35.0 Å². The lowest BCUT2D eigenvalue weighted by molar-refractivity contribution is 0.0793. The molecule has 24 heavy (non-hydrogen) atoms. The van der Waals surface area contributed by atoms with Crippen LogP contribution in [0.2, 0.25) is 10.0 Å². The fraction of sp³-hybridized carbons (Fsp3) is 0.222. The van der Waals surface area contributed by atoms with Crippen molar-refractivity contribution in [1.29, 1.82) is 0 Å². The summed E-state index contributed by atoms with van der Waals surface area (Å²) in [6, 6.07) is 13.5. The van der Waals surface area contributed by atoms with Crippen LogP contribution in [-0.4, -0.2) is 36.9 Å². The molecule has 0 saturated heterocycles. The van der Waals surface area contributed by atoms with Crippen molar-refractivity contribution in [2.45, 2.75) is 6.42 Å². The molecule has 0 atom stereocenters. The van der Waals surface area contributed by atoms with E-state index in [1.54, 1.807) is 60.5 Å². The minimum atomic E-state index is -0.154. The van der Waals surface area contributed by atoms with Crippen LogP contribution < -0.4 is 5.32 Å². The van der Waals surface area contributed by atoms with E-state index in [9.17, 15) is 9.59 Å². The van der Waals surface area contributed by atoms with Gasteiger partial charge in [-0.3, -0.25) is 9.59 Å². The summed E-state index contributed by atoms with van der Waals surface area (Å²) in [7, 11) is 1.73. The Morgan fingerprint density at radius 2 is 1.42 bits per heavy atom. The topological polar surface area (TPSA) is 49.4 Å². The number of halogens is 2. The standard InChI is InChI=1S/C18H18Cl2N2O2/c1-22(18(24)14-5-9-16(20)10-6-14)12-2-11-21-17(23)13-3-7-15(19)8-4-13/h3-10H,2,11-12H2,1H3,(H,21,23). The van der Waals surface area contributed by atoms with Crippen LogP contribution in [0, 0.1) is 0 Å². The number of amides is 2. The molecule has 0 aliphatic carbocycles. The molecule has 0 aromatic heterocycles. The van der Waals surface area contributed by atoms with Gasteiger partial charge in [0, 0.05) is 41.3 Å². The molecule has 0 heterocycles. The summed E-state index contributed by atoms with van der Waals surface area (Å²) in [5.74, 6) is -0.228. The number of hydrogen-bond acceptors (Lipinski definition) is 2. The monoisotopic (exact) mass is 364 g/mol.